The van der Waals surface area contributed by atoms with Crippen molar-refractivity contribution in [1.29, 1.82) is 0 Å². The van der Waals surface area contributed by atoms with E-state index in [4.69, 9.17) is 16.2 Å². The van der Waals surface area contributed by atoms with Gasteiger partial charge < -0.3 is 16.2 Å². The molecule has 96 valence electrons. The van der Waals surface area contributed by atoms with Gasteiger partial charge >= 0.3 is 0 Å². The summed E-state index contributed by atoms with van der Waals surface area (Å²) < 4.78 is 5.26. The van der Waals surface area contributed by atoms with Crippen LogP contribution in [0.3, 0.4) is 0 Å². The number of hydrogen-bond donors (Lipinski definition) is 2. The molecule has 0 saturated heterocycles. The molecule has 4 N–H and O–H groups in total. The van der Waals surface area contributed by atoms with Gasteiger partial charge in [-0.15, -0.1) is 11.8 Å². The quantitative estimate of drug-likeness (QED) is 0.768. The van der Waals surface area contributed by atoms with Crippen molar-refractivity contribution in [2.24, 2.45) is 11.5 Å². The lowest BCUT2D eigenvalue weighted by molar-refractivity contribution is -0.115. The van der Waals surface area contributed by atoms with Crippen molar-refractivity contribution < 1.29 is 9.53 Å². The van der Waals surface area contributed by atoms with Crippen molar-refractivity contribution in [1.82, 2.24) is 0 Å². The van der Waals surface area contributed by atoms with Crippen molar-refractivity contribution in [2.45, 2.75) is 5.75 Å². The lowest BCUT2D eigenvalue weighted by Gasteiger charge is -2.08. The fourth-order valence-electron chi connectivity index (χ4n) is 1.38. The number of benzene rings is 1. The van der Waals surface area contributed by atoms with Gasteiger partial charge in [-0.2, -0.15) is 0 Å². The Balaban J connectivity index is 2.81. The molecule has 0 aromatic heterocycles. The number of hydrogen-bond acceptors (Lipinski definition) is 4. The van der Waals surface area contributed by atoms with Crippen molar-refractivity contribution >= 4 is 17.7 Å². The van der Waals surface area contributed by atoms with Crippen LogP contribution in [0.5, 0.6) is 5.75 Å². The molecule has 0 aliphatic rings. The summed E-state index contributed by atoms with van der Waals surface area (Å²) in [7, 11) is 1.61. The van der Waals surface area contributed by atoms with Crippen LogP contribution in [0.1, 0.15) is 11.1 Å². The summed E-state index contributed by atoms with van der Waals surface area (Å²) in [6.45, 7) is 0.331. The van der Waals surface area contributed by atoms with Gasteiger partial charge in [-0.1, -0.05) is 11.8 Å². The Bertz CT molecular complexity index is 478. The molecule has 0 fully saturated rings. The lowest BCUT2D eigenvalue weighted by atomic mass is 10.1. The second kappa shape index (κ2) is 7.64. The molecule has 0 spiro atoms. The average Bonchev–Trinajstić information content (AvgIpc) is 2.36. The van der Waals surface area contributed by atoms with Gasteiger partial charge in [0.25, 0.3) is 0 Å². The van der Waals surface area contributed by atoms with Gasteiger partial charge in [0.1, 0.15) is 5.75 Å². The number of rotatable bonds is 5. The van der Waals surface area contributed by atoms with E-state index in [9.17, 15) is 4.79 Å². The Morgan fingerprint density at radius 2 is 2.28 bits per heavy atom. The molecule has 1 rings (SSSR count). The highest BCUT2D eigenvalue weighted by Crippen LogP contribution is 2.24. The van der Waals surface area contributed by atoms with E-state index in [-0.39, 0.29) is 5.91 Å². The van der Waals surface area contributed by atoms with Crippen molar-refractivity contribution in [3.63, 3.8) is 0 Å². The van der Waals surface area contributed by atoms with E-state index in [0.717, 1.165) is 16.9 Å². The van der Waals surface area contributed by atoms with Crippen LogP contribution in [0.2, 0.25) is 0 Å². The molecule has 18 heavy (non-hydrogen) atoms. The van der Waals surface area contributed by atoms with Crippen molar-refractivity contribution in [2.75, 3.05) is 19.4 Å². The minimum Gasteiger partial charge on any atom is -0.496 e. The SMILES string of the molecule is COc1ccc(C#CCN)cc1CSCC(N)=O. The number of thioether (sulfide) groups is 1. The van der Waals surface area contributed by atoms with Crippen LogP contribution in [0.4, 0.5) is 0 Å². The fourth-order valence-corrected chi connectivity index (χ4v) is 2.13. The van der Waals surface area contributed by atoms with E-state index in [1.165, 1.54) is 11.8 Å². The maximum absolute atomic E-state index is 10.7. The number of amides is 1. The molecule has 0 saturated carbocycles. The molecule has 0 bridgehead atoms. The van der Waals surface area contributed by atoms with E-state index >= 15 is 0 Å². The number of carbonyl (C=O) groups excluding carboxylic acids is 1. The summed E-state index contributed by atoms with van der Waals surface area (Å²) in [5.41, 5.74) is 12.3. The van der Waals surface area contributed by atoms with E-state index in [1.54, 1.807) is 7.11 Å². The first-order valence-electron chi connectivity index (χ1n) is 5.39. The molecule has 0 aliphatic heterocycles. The molecule has 5 heteroatoms. The molecule has 0 radical (unpaired) electrons. The first kappa shape index (κ1) is 14.4. The molecule has 4 nitrogen and oxygen atoms in total. The minimum absolute atomic E-state index is 0.294. The molecular formula is C13H16N2O2S. The second-order valence-electron chi connectivity index (χ2n) is 3.49. The number of carbonyl (C=O) groups is 1. The van der Waals surface area contributed by atoms with Crippen molar-refractivity contribution in [3.05, 3.63) is 29.3 Å². The third-order valence-corrected chi connectivity index (χ3v) is 3.12. The van der Waals surface area contributed by atoms with Crippen LogP contribution < -0.4 is 16.2 Å². The van der Waals surface area contributed by atoms with Crippen LogP contribution in [0.25, 0.3) is 0 Å². The smallest absolute Gasteiger partial charge is 0.227 e. The topological polar surface area (TPSA) is 78.3 Å². The number of nitrogens with two attached hydrogens (primary N) is 2. The highest BCUT2D eigenvalue weighted by atomic mass is 32.2. The predicted molar refractivity (Wildman–Crippen MR) is 74.3 cm³/mol. The summed E-state index contributed by atoms with van der Waals surface area (Å²) >= 11 is 1.45. The Morgan fingerprint density at radius 3 is 2.89 bits per heavy atom. The van der Waals surface area contributed by atoms with Crippen LogP contribution >= 0.6 is 11.8 Å². The highest BCUT2D eigenvalue weighted by molar-refractivity contribution is 7.99. The average molecular weight is 264 g/mol. The molecule has 1 aromatic carbocycles. The summed E-state index contributed by atoms with van der Waals surface area (Å²) in [6.07, 6.45) is 0. The zero-order valence-electron chi connectivity index (χ0n) is 10.2. The molecule has 0 atom stereocenters. The standard InChI is InChI=1S/C13H16N2O2S/c1-17-12-5-4-10(3-2-6-14)7-11(12)8-18-9-13(15)16/h4-5,7H,6,8-9,14H2,1H3,(H2,15,16). The van der Waals surface area contributed by atoms with Gasteiger partial charge in [-0.3, -0.25) is 4.79 Å². The maximum atomic E-state index is 10.7. The summed E-state index contributed by atoms with van der Waals surface area (Å²) in [5.74, 6) is 7.18. The number of methoxy groups -OCH3 is 1. The third-order valence-electron chi connectivity index (χ3n) is 2.12. The van der Waals surface area contributed by atoms with Gasteiger partial charge in [0, 0.05) is 16.9 Å². The number of primary amides is 1. The summed E-state index contributed by atoms with van der Waals surface area (Å²) in [6, 6.07) is 5.68. The Morgan fingerprint density at radius 1 is 1.50 bits per heavy atom. The van der Waals surface area contributed by atoms with Crippen LogP contribution in [-0.4, -0.2) is 25.3 Å². The Kier molecular flexibility index (Phi) is 6.12. The van der Waals surface area contributed by atoms with E-state index in [0.29, 0.717) is 18.1 Å². The molecule has 1 amide bonds. The Hall–Kier alpha value is -1.64. The molecular weight excluding hydrogens is 248 g/mol. The van der Waals surface area contributed by atoms with E-state index in [2.05, 4.69) is 11.8 Å². The van der Waals surface area contributed by atoms with Gasteiger partial charge in [0.2, 0.25) is 5.91 Å². The fraction of sp³-hybridized carbons (Fsp3) is 0.308. The van der Waals surface area contributed by atoms with Gasteiger partial charge in [0.15, 0.2) is 0 Å². The monoisotopic (exact) mass is 264 g/mol. The lowest BCUT2D eigenvalue weighted by Crippen LogP contribution is -2.13. The van der Waals surface area contributed by atoms with Crippen LogP contribution in [-0.2, 0) is 10.5 Å². The van der Waals surface area contributed by atoms with Gasteiger partial charge in [0.05, 0.1) is 19.4 Å². The van der Waals surface area contributed by atoms with Crippen molar-refractivity contribution in [3.8, 4) is 17.6 Å². The predicted octanol–water partition coefficient (Wildman–Crippen LogP) is 0.724. The van der Waals surface area contributed by atoms with Gasteiger partial charge in [-0.25, -0.2) is 0 Å². The second-order valence-corrected chi connectivity index (χ2v) is 4.48. The highest BCUT2D eigenvalue weighted by Gasteiger charge is 2.05. The van der Waals surface area contributed by atoms with Gasteiger partial charge in [-0.05, 0) is 18.2 Å². The number of ether oxygens (including phenoxy) is 1. The van der Waals surface area contributed by atoms with Crippen LogP contribution in [0, 0.1) is 11.8 Å². The summed E-state index contributed by atoms with van der Waals surface area (Å²) in [4.78, 5) is 10.7. The van der Waals surface area contributed by atoms with Crippen LogP contribution in [0.15, 0.2) is 18.2 Å². The van der Waals surface area contributed by atoms with E-state index < -0.39 is 0 Å². The molecule has 1 aromatic rings. The normalized spacial score (nSPS) is 9.44. The minimum atomic E-state index is -0.321. The Labute approximate surface area is 111 Å². The molecule has 0 aliphatic carbocycles. The zero-order valence-corrected chi connectivity index (χ0v) is 11.0. The maximum Gasteiger partial charge on any atom is 0.227 e. The third kappa shape index (κ3) is 4.70. The molecule has 0 unspecified atom stereocenters. The first-order chi connectivity index (χ1) is 8.67. The zero-order chi connectivity index (χ0) is 13.4. The first-order valence-corrected chi connectivity index (χ1v) is 6.54. The molecule has 0 heterocycles. The summed E-state index contributed by atoms with van der Waals surface area (Å²) in [5, 5.41) is 0. The van der Waals surface area contributed by atoms with E-state index in [1.807, 2.05) is 18.2 Å². The largest absolute Gasteiger partial charge is 0.496 e.